The van der Waals surface area contributed by atoms with Gasteiger partial charge in [0.1, 0.15) is 0 Å². The first-order valence-corrected chi connectivity index (χ1v) is 7.77. The molecule has 0 amide bonds. The van der Waals surface area contributed by atoms with Crippen LogP contribution in [0.25, 0.3) is 0 Å². The summed E-state index contributed by atoms with van der Waals surface area (Å²) in [5.41, 5.74) is -0.762. The molecule has 0 aromatic heterocycles. The second-order valence-corrected chi connectivity index (χ2v) is 7.25. The minimum atomic E-state index is -3.20. The maximum absolute atomic E-state index is 12.0. The highest BCUT2D eigenvalue weighted by Gasteiger charge is 2.36. The minimum Gasteiger partial charge on any atom is -0.389 e. The van der Waals surface area contributed by atoms with Crippen molar-refractivity contribution in [3.05, 3.63) is 0 Å². The molecule has 0 unspecified atom stereocenters. The van der Waals surface area contributed by atoms with E-state index in [1.807, 2.05) is 0 Å². The van der Waals surface area contributed by atoms with Gasteiger partial charge in [0.15, 0.2) is 0 Å². The predicted molar refractivity (Wildman–Crippen MR) is 62.6 cm³/mol. The van der Waals surface area contributed by atoms with Gasteiger partial charge in [0.2, 0.25) is 10.0 Å². The van der Waals surface area contributed by atoms with Crippen LogP contribution in [0.1, 0.15) is 51.4 Å². The van der Waals surface area contributed by atoms with Crippen molar-refractivity contribution in [2.45, 2.75) is 62.2 Å². The first kappa shape index (κ1) is 12.3. The summed E-state index contributed by atoms with van der Waals surface area (Å²) in [7, 11) is -3.20. The average Bonchev–Trinajstić information content (AvgIpc) is 2.25. The summed E-state index contributed by atoms with van der Waals surface area (Å²) in [5, 5.41) is 9.61. The topological polar surface area (TPSA) is 66.4 Å². The molecule has 2 saturated carbocycles. The lowest BCUT2D eigenvalue weighted by atomic mass is 9.81. The van der Waals surface area contributed by atoms with Crippen molar-refractivity contribution in [3.8, 4) is 0 Å². The van der Waals surface area contributed by atoms with Crippen LogP contribution < -0.4 is 4.72 Å². The van der Waals surface area contributed by atoms with Gasteiger partial charge in [-0.15, -0.1) is 0 Å². The zero-order chi connectivity index (χ0) is 11.6. The molecule has 16 heavy (non-hydrogen) atoms. The molecule has 2 aliphatic carbocycles. The van der Waals surface area contributed by atoms with E-state index in [0.717, 1.165) is 51.4 Å². The highest BCUT2D eigenvalue weighted by atomic mass is 32.2. The van der Waals surface area contributed by atoms with Crippen LogP contribution in [0.5, 0.6) is 0 Å². The summed E-state index contributed by atoms with van der Waals surface area (Å²) in [4.78, 5) is 0. The Hall–Kier alpha value is -0.130. The second kappa shape index (κ2) is 4.63. The van der Waals surface area contributed by atoms with Crippen LogP contribution >= 0.6 is 0 Å². The van der Waals surface area contributed by atoms with Crippen LogP contribution in [0.4, 0.5) is 0 Å². The highest BCUT2D eigenvalue weighted by Crippen LogP contribution is 2.31. The lowest BCUT2D eigenvalue weighted by Crippen LogP contribution is -2.49. The summed E-state index contributed by atoms with van der Waals surface area (Å²) in [5.74, 6) is 0. The molecule has 0 aliphatic heterocycles. The number of nitrogens with one attached hydrogen (secondary N) is 1. The maximum atomic E-state index is 12.0. The third kappa shape index (κ3) is 2.76. The Morgan fingerprint density at radius 2 is 1.75 bits per heavy atom. The number of aliphatic hydroxyl groups is 1. The van der Waals surface area contributed by atoms with Gasteiger partial charge >= 0.3 is 0 Å². The molecule has 2 N–H and O–H groups in total. The molecule has 94 valence electrons. The zero-order valence-corrected chi connectivity index (χ0v) is 10.4. The van der Waals surface area contributed by atoms with Crippen LogP contribution in [0.3, 0.4) is 0 Å². The van der Waals surface area contributed by atoms with Crippen molar-refractivity contribution in [2.75, 3.05) is 6.54 Å². The van der Waals surface area contributed by atoms with E-state index in [-0.39, 0.29) is 11.8 Å². The molecule has 2 aliphatic rings. The van der Waals surface area contributed by atoms with Crippen molar-refractivity contribution in [1.29, 1.82) is 0 Å². The SMILES string of the molecule is O=S(=O)(NCC1(O)CCC1)C1CCCCC1. The molecule has 0 spiro atoms. The van der Waals surface area contributed by atoms with Gasteiger partial charge < -0.3 is 5.11 Å². The summed E-state index contributed by atoms with van der Waals surface area (Å²) in [6, 6.07) is 0. The van der Waals surface area contributed by atoms with Gasteiger partial charge in [0.05, 0.1) is 10.9 Å². The quantitative estimate of drug-likeness (QED) is 0.783. The Balaban J connectivity index is 1.86. The largest absolute Gasteiger partial charge is 0.389 e. The molecular formula is C11H21NO3S. The molecule has 0 heterocycles. The molecule has 0 aromatic carbocycles. The number of rotatable bonds is 4. The van der Waals surface area contributed by atoms with Gasteiger partial charge in [-0.1, -0.05) is 19.3 Å². The number of hydrogen-bond donors (Lipinski definition) is 2. The first-order chi connectivity index (χ1) is 7.52. The average molecular weight is 247 g/mol. The standard InChI is InChI=1S/C11H21NO3S/c13-11(7-4-8-11)9-12-16(14,15)10-5-2-1-3-6-10/h10,12-13H,1-9H2. The summed E-state index contributed by atoms with van der Waals surface area (Å²) in [6.45, 7) is 0.200. The molecule has 0 saturated heterocycles. The molecule has 0 atom stereocenters. The van der Waals surface area contributed by atoms with E-state index < -0.39 is 15.6 Å². The molecule has 4 nitrogen and oxygen atoms in total. The summed E-state index contributed by atoms with van der Waals surface area (Å²) < 4.78 is 26.5. The summed E-state index contributed by atoms with van der Waals surface area (Å²) >= 11 is 0. The molecule has 2 fully saturated rings. The monoisotopic (exact) mass is 247 g/mol. The van der Waals surface area contributed by atoms with Crippen LogP contribution in [0.2, 0.25) is 0 Å². The summed E-state index contributed by atoms with van der Waals surface area (Å²) in [6.07, 6.45) is 7.16. The Morgan fingerprint density at radius 1 is 1.12 bits per heavy atom. The first-order valence-electron chi connectivity index (χ1n) is 6.23. The van der Waals surface area contributed by atoms with Crippen LogP contribution in [0.15, 0.2) is 0 Å². The van der Waals surface area contributed by atoms with Crippen LogP contribution in [-0.4, -0.2) is 30.9 Å². The van der Waals surface area contributed by atoms with Crippen molar-refractivity contribution < 1.29 is 13.5 Å². The van der Waals surface area contributed by atoms with E-state index in [9.17, 15) is 13.5 Å². The van der Waals surface area contributed by atoms with Crippen LogP contribution in [0, 0.1) is 0 Å². The van der Waals surface area contributed by atoms with Gasteiger partial charge in [-0.2, -0.15) is 0 Å². The maximum Gasteiger partial charge on any atom is 0.214 e. The van der Waals surface area contributed by atoms with Gasteiger partial charge in [-0.25, -0.2) is 13.1 Å². The zero-order valence-electron chi connectivity index (χ0n) is 9.61. The predicted octanol–water partition coefficient (Wildman–Crippen LogP) is 1.15. The molecule has 0 bridgehead atoms. The normalized spacial score (nSPS) is 26.3. The molecule has 5 heteroatoms. The Kier molecular flexibility index (Phi) is 3.56. The van der Waals surface area contributed by atoms with Gasteiger partial charge in [0, 0.05) is 6.54 Å². The Morgan fingerprint density at radius 3 is 2.25 bits per heavy atom. The Bertz CT molecular complexity index is 329. The lowest BCUT2D eigenvalue weighted by molar-refractivity contribution is -0.0271. The van der Waals surface area contributed by atoms with E-state index in [4.69, 9.17) is 0 Å². The fourth-order valence-electron chi connectivity index (χ4n) is 2.49. The molecule has 0 radical (unpaired) electrons. The van der Waals surface area contributed by atoms with Gasteiger partial charge in [-0.05, 0) is 32.1 Å². The van der Waals surface area contributed by atoms with Crippen molar-refractivity contribution >= 4 is 10.0 Å². The highest BCUT2D eigenvalue weighted by molar-refractivity contribution is 7.90. The van der Waals surface area contributed by atoms with Crippen molar-refractivity contribution in [1.82, 2.24) is 4.72 Å². The third-order valence-electron chi connectivity index (χ3n) is 3.88. The van der Waals surface area contributed by atoms with Crippen molar-refractivity contribution in [2.24, 2.45) is 0 Å². The smallest absolute Gasteiger partial charge is 0.214 e. The fraction of sp³-hybridized carbons (Fsp3) is 1.00. The van der Waals surface area contributed by atoms with Gasteiger partial charge in [0.25, 0.3) is 0 Å². The van der Waals surface area contributed by atoms with Gasteiger partial charge in [-0.3, -0.25) is 0 Å². The fourth-order valence-corrected chi connectivity index (χ4v) is 4.15. The third-order valence-corrected chi connectivity index (χ3v) is 5.77. The van der Waals surface area contributed by atoms with Crippen LogP contribution in [-0.2, 0) is 10.0 Å². The molecule has 0 aromatic rings. The number of hydrogen-bond acceptors (Lipinski definition) is 3. The Labute approximate surface area is 97.5 Å². The molecular weight excluding hydrogens is 226 g/mol. The number of sulfonamides is 1. The second-order valence-electron chi connectivity index (χ2n) is 5.20. The van der Waals surface area contributed by atoms with E-state index in [1.54, 1.807) is 0 Å². The van der Waals surface area contributed by atoms with E-state index in [1.165, 1.54) is 0 Å². The van der Waals surface area contributed by atoms with Crippen molar-refractivity contribution in [3.63, 3.8) is 0 Å². The minimum absolute atomic E-state index is 0.200. The van der Waals surface area contributed by atoms with E-state index >= 15 is 0 Å². The van der Waals surface area contributed by atoms with E-state index in [0.29, 0.717) is 0 Å². The molecule has 2 rings (SSSR count). The van der Waals surface area contributed by atoms with E-state index in [2.05, 4.69) is 4.72 Å². The lowest BCUT2D eigenvalue weighted by Gasteiger charge is -2.37.